The Balaban J connectivity index is 1.94. The highest BCUT2D eigenvalue weighted by Gasteiger charge is 2.54. The molecule has 2 aromatic carbocycles. The Morgan fingerprint density at radius 1 is 1.08 bits per heavy atom. The number of fused-ring (bicyclic) bond motifs is 3. The van der Waals surface area contributed by atoms with Gasteiger partial charge in [-0.2, -0.15) is 0 Å². The molecule has 0 spiro atoms. The fraction of sp³-hybridized carbons (Fsp3) is 0.333. The number of rotatable bonds is 2. The van der Waals surface area contributed by atoms with Gasteiger partial charge in [0.05, 0.1) is 34.3 Å². The van der Waals surface area contributed by atoms with E-state index in [4.69, 9.17) is 21.1 Å². The van der Waals surface area contributed by atoms with Gasteiger partial charge in [0, 0.05) is 22.4 Å². The van der Waals surface area contributed by atoms with Crippen LogP contribution in [-0.2, 0) is 20.3 Å². The number of hydrogen-bond acceptors (Lipinski definition) is 3. The number of hydrogen-bond donors (Lipinski definition) is 0. The minimum atomic E-state index is -1.62. The van der Waals surface area contributed by atoms with E-state index < -0.39 is 27.2 Å². The van der Waals surface area contributed by atoms with Crippen molar-refractivity contribution >= 4 is 22.4 Å². The van der Waals surface area contributed by atoms with Crippen molar-refractivity contribution in [1.82, 2.24) is 0 Å². The number of ether oxygens (including phenoxy) is 2. The van der Waals surface area contributed by atoms with Crippen LogP contribution < -0.4 is 4.74 Å². The molecule has 1 saturated heterocycles. The van der Waals surface area contributed by atoms with Crippen molar-refractivity contribution in [3.63, 3.8) is 0 Å². The van der Waals surface area contributed by atoms with Crippen LogP contribution >= 0.6 is 11.6 Å². The van der Waals surface area contributed by atoms with E-state index in [0.717, 1.165) is 12.1 Å². The Kier molecular flexibility index (Phi) is 4.30. The summed E-state index contributed by atoms with van der Waals surface area (Å²) in [5.41, 5.74) is 0.0559. The van der Waals surface area contributed by atoms with Crippen LogP contribution in [0.1, 0.15) is 12.0 Å². The molecule has 2 aromatic rings. The standard InChI is InChI=1S/C18H15ClF2O3S/c19-12-1-3-13(4-2-12)25(22)18-7-8-23-9-11(18)10-24-17-15(21)6-5-14(20)16(17)18/h1-6,11H,7-10H2/t11?,18-,25?/m0/s1. The minimum absolute atomic E-state index is 0.0559. The van der Waals surface area contributed by atoms with Gasteiger partial charge >= 0.3 is 0 Å². The average Bonchev–Trinajstić information content (AvgIpc) is 2.64. The molecule has 0 bridgehead atoms. The summed E-state index contributed by atoms with van der Waals surface area (Å²) in [7, 11) is -1.62. The highest BCUT2D eigenvalue weighted by molar-refractivity contribution is 7.86. The van der Waals surface area contributed by atoms with Crippen LogP contribution in [0.15, 0.2) is 41.3 Å². The molecule has 4 rings (SSSR count). The molecular weight excluding hydrogens is 370 g/mol. The van der Waals surface area contributed by atoms with Gasteiger partial charge in [-0.3, -0.25) is 4.21 Å². The molecule has 0 aliphatic carbocycles. The zero-order valence-electron chi connectivity index (χ0n) is 13.1. The molecule has 2 unspecified atom stereocenters. The van der Waals surface area contributed by atoms with Gasteiger partial charge in [-0.05, 0) is 42.8 Å². The lowest BCUT2D eigenvalue weighted by Gasteiger charge is -2.46. The van der Waals surface area contributed by atoms with Crippen molar-refractivity contribution in [2.24, 2.45) is 5.92 Å². The predicted molar refractivity (Wildman–Crippen MR) is 90.3 cm³/mol. The van der Waals surface area contributed by atoms with E-state index in [1.165, 1.54) is 0 Å². The quantitative estimate of drug-likeness (QED) is 0.783. The van der Waals surface area contributed by atoms with Crippen LogP contribution in [0.3, 0.4) is 0 Å². The molecule has 1 fully saturated rings. The molecule has 25 heavy (non-hydrogen) atoms. The van der Waals surface area contributed by atoms with Crippen LogP contribution in [0.2, 0.25) is 5.02 Å². The van der Waals surface area contributed by atoms with Crippen molar-refractivity contribution in [2.45, 2.75) is 16.1 Å². The third-order valence-corrected chi connectivity index (χ3v) is 7.22. The van der Waals surface area contributed by atoms with Gasteiger partial charge in [0.2, 0.25) is 0 Å². The summed E-state index contributed by atoms with van der Waals surface area (Å²) in [5.74, 6) is -1.72. The van der Waals surface area contributed by atoms with Gasteiger partial charge in [0.15, 0.2) is 11.6 Å². The lowest BCUT2D eigenvalue weighted by molar-refractivity contribution is -0.00494. The van der Waals surface area contributed by atoms with Gasteiger partial charge in [-0.25, -0.2) is 8.78 Å². The Morgan fingerprint density at radius 3 is 2.56 bits per heavy atom. The third-order valence-electron chi connectivity index (χ3n) is 4.87. The third kappa shape index (κ3) is 2.58. The first-order valence-electron chi connectivity index (χ1n) is 7.90. The van der Waals surface area contributed by atoms with Crippen LogP contribution in [0.5, 0.6) is 5.75 Å². The van der Waals surface area contributed by atoms with Gasteiger partial charge in [-0.15, -0.1) is 0 Å². The van der Waals surface area contributed by atoms with E-state index in [2.05, 4.69) is 0 Å². The summed E-state index contributed by atoms with van der Waals surface area (Å²) in [5, 5.41) is 0.520. The maximum atomic E-state index is 14.8. The van der Waals surface area contributed by atoms with Gasteiger partial charge in [0.1, 0.15) is 5.82 Å². The zero-order valence-corrected chi connectivity index (χ0v) is 14.7. The molecular formula is C18H15ClF2O3S. The molecule has 0 radical (unpaired) electrons. The first kappa shape index (κ1) is 16.9. The van der Waals surface area contributed by atoms with Crippen LogP contribution in [0.4, 0.5) is 8.78 Å². The second-order valence-corrected chi connectivity index (χ2v) is 8.35. The van der Waals surface area contributed by atoms with Gasteiger partial charge < -0.3 is 9.47 Å². The Morgan fingerprint density at radius 2 is 1.80 bits per heavy atom. The topological polar surface area (TPSA) is 35.5 Å². The lowest BCUT2D eigenvalue weighted by Crippen LogP contribution is -2.52. The monoisotopic (exact) mass is 384 g/mol. The van der Waals surface area contributed by atoms with Crippen molar-refractivity contribution < 1.29 is 22.5 Å². The molecule has 0 N–H and O–H groups in total. The Labute approximate surface area is 151 Å². The summed E-state index contributed by atoms with van der Waals surface area (Å²) in [4.78, 5) is 0.521. The van der Waals surface area contributed by atoms with Crippen LogP contribution in [0, 0.1) is 17.6 Å². The molecule has 132 valence electrons. The van der Waals surface area contributed by atoms with E-state index in [-0.39, 0.29) is 30.4 Å². The SMILES string of the molecule is O=S(c1ccc(Cl)cc1)[C@@]12CCOCC1COc1c(F)ccc(F)c12. The molecule has 0 aromatic heterocycles. The highest BCUT2D eigenvalue weighted by atomic mass is 35.5. The summed E-state index contributed by atoms with van der Waals surface area (Å²) >= 11 is 5.92. The second-order valence-electron chi connectivity index (χ2n) is 6.18. The first-order valence-corrected chi connectivity index (χ1v) is 9.43. The predicted octanol–water partition coefficient (Wildman–Crippen LogP) is 4.05. The second kappa shape index (κ2) is 6.34. The fourth-order valence-electron chi connectivity index (χ4n) is 3.66. The highest BCUT2D eigenvalue weighted by Crippen LogP contribution is 2.52. The zero-order chi connectivity index (χ0) is 17.6. The Bertz CT molecular complexity index is 843. The van der Waals surface area contributed by atoms with Crippen molar-refractivity contribution in [3.8, 4) is 5.75 Å². The van der Waals surface area contributed by atoms with E-state index in [1.54, 1.807) is 24.3 Å². The minimum Gasteiger partial charge on any atom is -0.490 e. The van der Waals surface area contributed by atoms with Crippen molar-refractivity contribution in [2.75, 3.05) is 19.8 Å². The normalized spacial score (nSPS) is 26.3. The van der Waals surface area contributed by atoms with E-state index in [9.17, 15) is 13.0 Å². The number of benzene rings is 2. The van der Waals surface area contributed by atoms with Crippen molar-refractivity contribution in [1.29, 1.82) is 0 Å². The molecule has 0 saturated carbocycles. The van der Waals surface area contributed by atoms with E-state index >= 15 is 0 Å². The van der Waals surface area contributed by atoms with Gasteiger partial charge in [-0.1, -0.05) is 11.6 Å². The molecule has 3 nitrogen and oxygen atoms in total. The van der Waals surface area contributed by atoms with Crippen LogP contribution in [-0.4, -0.2) is 24.0 Å². The Hall–Kier alpha value is -1.50. The molecule has 3 atom stereocenters. The van der Waals surface area contributed by atoms with E-state index in [0.29, 0.717) is 22.9 Å². The summed E-state index contributed by atoms with van der Waals surface area (Å²) in [6.07, 6.45) is 0.323. The lowest BCUT2D eigenvalue weighted by atomic mass is 9.79. The summed E-state index contributed by atoms with van der Waals surface area (Å²) in [6, 6.07) is 8.70. The first-order chi connectivity index (χ1) is 12.0. The molecule has 7 heteroatoms. The molecule has 0 amide bonds. The summed E-state index contributed by atoms with van der Waals surface area (Å²) in [6.45, 7) is 0.743. The smallest absolute Gasteiger partial charge is 0.165 e. The fourth-order valence-corrected chi connectivity index (χ4v) is 5.67. The number of halogens is 3. The molecule has 2 aliphatic heterocycles. The average molecular weight is 385 g/mol. The molecule has 2 aliphatic rings. The summed E-state index contributed by atoms with van der Waals surface area (Å²) < 4.78 is 52.5. The molecule has 2 heterocycles. The van der Waals surface area contributed by atoms with Gasteiger partial charge in [0.25, 0.3) is 0 Å². The van der Waals surface area contributed by atoms with Crippen LogP contribution in [0.25, 0.3) is 0 Å². The maximum Gasteiger partial charge on any atom is 0.165 e. The van der Waals surface area contributed by atoms with E-state index in [1.807, 2.05) is 0 Å². The largest absolute Gasteiger partial charge is 0.490 e. The van der Waals surface area contributed by atoms with Crippen molar-refractivity contribution in [3.05, 3.63) is 58.6 Å². The maximum absolute atomic E-state index is 14.8.